The van der Waals surface area contributed by atoms with Gasteiger partial charge in [-0.2, -0.15) is 17.0 Å². The molecule has 3 rings (SSSR count). The number of aromatic nitrogens is 1. The summed E-state index contributed by atoms with van der Waals surface area (Å²) < 4.78 is 29.3. The predicted molar refractivity (Wildman–Crippen MR) is 114 cm³/mol. The molecule has 1 saturated heterocycles. The molecule has 1 aliphatic rings. The lowest BCUT2D eigenvalue weighted by atomic mass is 10.1. The Balaban J connectivity index is 0.00000300. The van der Waals surface area contributed by atoms with E-state index in [1.165, 1.54) is 18.3 Å². The van der Waals surface area contributed by atoms with E-state index in [0.29, 0.717) is 25.3 Å². The zero-order valence-corrected chi connectivity index (χ0v) is 18.0. The molecule has 2 atom stereocenters. The molecule has 10 heteroatoms. The highest BCUT2D eigenvalue weighted by atomic mass is 35.5. The second kappa shape index (κ2) is 9.19. The quantitative estimate of drug-likeness (QED) is 0.590. The summed E-state index contributed by atoms with van der Waals surface area (Å²) in [5.74, 6) is -1.07. The highest BCUT2D eigenvalue weighted by Gasteiger charge is 2.47. The minimum atomic E-state index is -3.78. The van der Waals surface area contributed by atoms with Crippen LogP contribution in [0.4, 0.5) is 5.69 Å². The van der Waals surface area contributed by atoms with Crippen LogP contribution in [0.15, 0.2) is 42.6 Å². The largest absolute Gasteiger partial charge is 0.478 e. The number of piperazine rings is 1. The Morgan fingerprint density at radius 1 is 1.34 bits per heavy atom. The number of nitrogens with one attached hydrogen (secondary N) is 2. The standard InChI is InChI=1S/C19H24N4O4S.ClH/c1-14-4-3-5-18(10-14)23(9-8-20-15(2)13-23)28(26,27)22-12-17-7-6-16(11-21-17)19(24)25;/h3-7,10-11,15,20,22H,8-9,12-13H2,1-2H3;1H/p+1/t15?,23-;/m1./s1. The number of carboxylic acids is 1. The Morgan fingerprint density at radius 3 is 2.69 bits per heavy atom. The number of benzene rings is 1. The number of hydrogen-bond donors (Lipinski definition) is 3. The summed E-state index contributed by atoms with van der Waals surface area (Å²) in [4.78, 5) is 15.0. The van der Waals surface area contributed by atoms with Gasteiger partial charge in [-0.25, -0.2) is 4.79 Å². The van der Waals surface area contributed by atoms with Crippen molar-refractivity contribution in [2.75, 3.05) is 19.6 Å². The molecule has 1 fully saturated rings. The third kappa shape index (κ3) is 4.93. The van der Waals surface area contributed by atoms with Gasteiger partial charge in [-0.15, -0.1) is 12.4 Å². The highest BCUT2D eigenvalue weighted by molar-refractivity contribution is 7.89. The molecule has 158 valence electrons. The van der Waals surface area contributed by atoms with Gasteiger partial charge in [0.25, 0.3) is 0 Å². The summed E-state index contributed by atoms with van der Waals surface area (Å²) in [5, 5.41) is 12.3. The second-order valence-electron chi connectivity index (χ2n) is 7.13. The van der Waals surface area contributed by atoms with Crippen molar-refractivity contribution in [3.63, 3.8) is 0 Å². The summed E-state index contributed by atoms with van der Waals surface area (Å²) in [6, 6.07) is 10.6. The molecule has 3 N–H and O–H groups in total. The molecule has 0 bridgehead atoms. The zero-order chi connectivity index (χ0) is 20.4. The fourth-order valence-corrected chi connectivity index (χ4v) is 5.23. The summed E-state index contributed by atoms with van der Waals surface area (Å²) in [7, 11) is -3.78. The molecule has 0 aliphatic carbocycles. The van der Waals surface area contributed by atoms with Crippen molar-refractivity contribution in [3.8, 4) is 0 Å². The summed E-state index contributed by atoms with van der Waals surface area (Å²) in [6.45, 7) is 5.32. The third-order valence-corrected chi connectivity index (χ3v) is 6.95. The Morgan fingerprint density at radius 2 is 2.10 bits per heavy atom. The smallest absolute Gasteiger partial charge is 0.375 e. The van der Waals surface area contributed by atoms with Gasteiger partial charge in [0.2, 0.25) is 0 Å². The fraction of sp³-hybridized carbons (Fsp3) is 0.368. The van der Waals surface area contributed by atoms with Crippen LogP contribution in [-0.2, 0) is 16.8 Å². The highest BCUT2D eigenvalue weighted by Crippen LogP contribution is 2.30. The van der Waals surface area contributed by atoms with Crippen molar-refractivity contribution in [2.24, 2.45) is 0 Å². The van der Waals surface area contributed by atoms with Crippen LogP contribution >= 0.6 is 12.4 Å². The van der Waals surface area contributed by atoms with Gasteiger partial charge in [0.1, 0.15) is 18.8 Å². The molecule has 29 heavy (non-hydrogen) atoms. The van der Waals surface area contributed by atoms with Crippen molar-refractivity contribution >= 4 is 34.3 Å². The van der Waals surface area contributed by atoms with Crippen molar-refractivity contribution in [3.05, 3.63) is 59.4 Å². The zero-order valence-electron chi connectivity index (χ0n) is 16.3. The summed E-state index contributed by atoms with van der Waals surface area (Å²) in [5.41, 5.74) is 2.25. The Labute approximate surface area is 177 Å². The average molecular weight is 442 g/mol. The Hall–Kier alpha value is -2.04. The van der Waals surface area contributed by atoms with Gasteiger partial charge < -0.3 is 10.4 Å². The Bertz CT molecular complexity index is 968. The first-order chi connectivity index (χ1) is 13.2. The van der Waals surface area contributed by atoms with Gasteiger partial charge in [0.15, 0.2) is 0 Å². The van der Waals surface area contributed by atoms with Crippen molar-refractivity contribution in [1.82, 2.24) is 18.9 Å². The maximum Gasteiger partial charge on any atom is 0.375 e. The summed E-state index contributed by atoms with van der Waals surface area (Å²) in [6.07, 6.45) is 1.23. The first-order valence-electron chi connectivity index (χ1n) is 9.09. The number of aryl methyl sites for hydroxylation is 1. The van der Waals surface area contributed by atoms with Crippen LogP contribution in [0.3, 0.4) is 0 Å². The topological polar surface area (TPSA) is 108 Å². The molecule has 8 nitrogen and oxygen atoms in total. The number of carboxylic acid groups (broad SMARTS) is 1. The monoisotopic (exact) mass is 441 g/mol. The van der Waals surface area contributed by atoms with Crippen molar-refractivity contribution in [1.29, 1.82) is 0 Å². The molecular formula is C19H26ClN4O4S+. The second-order valence-corrected chi connectivity index (χ2v) is 9.07. The lowest BCUT2D eigenvalue weighted by Crippen LogP contribution is -2.68. The van der Waals surface area contributed by atoms with E-state index in [-0.39, 0.29) is 34.4 Å². The van der Waals surface area contributed by atoms with E-state index in [1.54, 1.807) is 0 Å². The maximum absolute atomic E-state index is 13.4. The molecule has 1 aliphatic heterocycles. The first-order valence-corrected chi connectivity index (χ1v) is 10.5. The van der Waals surface area contributed by atoms with E-state index in [9.17, 15) is 13.2 Å². The summed E-state index contributed by atoms with van der Waals surface area (Å²) >= 11 is 0. The molecule has 2 heterocycles. The van der Waals surface area contributed by atoms with E-state index >= 15 is 0 Å². The van der Waals surface area contributed by atoms with E-state index in [4.69, 9.17) is 5.11 Å². The van der Waals surface area contributed by atoms with E-state index in [1.807, 2.05) is 38.1 Å². The third-order valence-electron chi connectivity index (χ3n) is 4.97. The lowest BCUT2D eigenvalue weighted by molar-refractivity contribution is 0.0696. The SMILES string of the molecule is Cc1cccc([N@@+]2(S(=O)(=O)NCc3ccc(C(=O)O)cn3)CCNC(C)C2)c1.Cl. The number of quaternary nitrogens is 1. The number of carbonyl (C=O) groups is 1. The normalized spacial score (nSPS) is 21.9. The average Bonchev–Trinajstić information content (AvgIpc) is 2.66. The minimum Gasteiger partial charge on any atom is -0.478 e. The van der Waals surface area contributed by atoms with Gasteiger partial charge in [0.05, 0.1) is 23.8 Å². The van der Waals surface area contributed by atoms with Gasteiger partial charge in [0, 0.05) is 24.9 Å². The number of rotatable bonds is 6. The first kappa shape index (κ1) is 23.2. The van der Waals surface area contributed by atoms with Gasteiger partial charge in [-0.05, 0) is 31.5 Å². The lowest BCUT2D eigenvalue weighted by Gasteiger charge is -2.41. The van der Waals surface area contributed by atoms with Crippen LogP contribution in [0.2, 0.25) is 0 Å². The van der Waals surface area contributed by atoms with Crippen molar-refractivity contribution < 1.29 is 18.3 Å². The van der Waals surface area contributed by atoms with E-state index in [0.717, 1.165) is 11.3 Å². The van der Waals surface area contributed by atoms with Gasteiger partial charge in [-0.1, -0.05) is 12.1 Å². The molecule has 0 amide bonds. The van der Waals surface area contributed by atoms with E-state index in [2.05, 4.69) is 15.0 Å². The fourth-order valence-electron chi connectivity index (χ4n) is 3.51. The van der Waals surface area contributed by atoms with E-state index < -0.39 is 16.2 Å². The molecule has 1 unspecified atom stereocenters. The van der Waals surface area contributed by atoms with Crippen LogP contribution in [0.25, 0.3) is 0 Å². The molecule has 1 aromatic heterocycles. The molecule has 0 saturated carbocycles. The number of halogens is 1. The molecule has 2 aromatic rings. The van der Waals surface area contributed by atoms with Gasteiger partial charge >= 0.3 is 16.2 Å². The minimum absolute atomic E-state index is 0. The van der Waals surface area contributed by atoms with Crippen LogP contribution < -0.4 is 13.9 Å². The van der Waals surface area contributed by atoms with Crippen LogP contribution in [0.1, 0.15) is 28.5 Å². The predicted octanol–water partition coefficient (Wildman–Crippen LogP) is 1.84. The molecular weight excluding hydrogens is 416 g/mol. The number of nitrogens with zero attached hydrogens (tertiary/aromatic N) is 2. The number of pyridine rings is 1. The van der Waals surface area contributed by atoms with Crippen LogP contribution in [-0.4, -0.2) is 50.2 Å². The Kier molecular flexibility index (Phi) is 7.36. The van der Waals surface area contributed by atoms with Gasteiger partial charge in [-0.3, -0.25) is 4.98 Å². The number of hydrogen-bond acceptors (Lipinski definition) is 5. The molecule has 0 radical (unpaired) electrons. The van der Waals surface area contributed by atoms with Crippen molar-refractivity contribution in [2.45, 2.75) is 26.4 Å². The van der Waals surface area contributed by atoms with Crippen LogP contribution in [0.5, 0.6) is 0 Å². The molecule has 0 spiro atoms. The maximum atomic E-state index is 13.4. The number of aromatic carboxylic acids is 1. The van der Waals surface area contributed by atoms with Crippen LogP contribution in [0, 0.1) is 6.92 Å². The molecule has 1 aromatic carbocycles.